The van der Waals surface area contributed by atoms with Gasteiger partial charge >= 0.3 is 5.97 Å². The van der Waals surface area contributed by atoms with E-state index in [2.05, 4.69) is 22.5 Å². The lowest BCUT2D eigenvalue weighted by atomic mass is 10.1. The van der Waals surface area contributed by atoms with Crippen molar-refractivity contribution in [1.82, 2.24) is 15.1 Å². The van der Waals surface area contributed by atoms with Crippen molar-refractivity contribution in [1.29, 1.82) is 0 Å². The van der Waals surface area contributed by atoms with E-state index in [4.69, 9.17) is 4.74 Å². The van der Waals surface area contributed by atoms with Gasteiger partial charge in [0.2, 0.25) is 0 Å². The third kappa shape index (κ3) is 5.31. The monoisotopic (exact) mass is 391 g/mol. The lowest BCUT2D eigenvalue weighted by Gasteiger charge is -2.08. The zero-order chi connectivity index (χ0) is 20.6. The Labute approximate surface area is 170 Å². The number of hydrogen-bond acceptors (Lipinski definition) is 4. The lowest BCUT2D eigenvalue weighted by molar-refractivity contribution is -0.124. The Hall–Kier alpha value is -3.41. The first-order valence-electron chi connectivity index (χ1n) is 9.65. The SMILES string of the molecule is Cc1nn(-c2ccccc2)c(C)c1C(=O)OCC(=O)NCCCc1ccccc1. The molecule has 0 saturated heterocycles. The minimum absolute atomic E-state index is 0.306. The highest BCUT2D eigenvalue weighted by Crippen LogP contribution is 2.18. The fraction of sp³-hybridized carbons (Fsp3) is 0.261. The average molecular weight is 391 g/mol. The van der Waals surface area contributed by atoms with E-state index in [1.54, 1.807) is 11.6 Å². The van der Waals surface area contributed by atoms with Gasteiger partial charge in [0, 0.05) is 6.54 Å². The number of carbonyl (C=O) groups is 2. The summed E-state index contributed by atoms with van der Waals surface area (Å²) in [5.41, 5.74) is 3.74. The molecule has 1 aromatic heterocycles. The average Bonchev–Trinajstić information content (AvgIpc) is 3.05. The van der Waals surface area contributed by atoms with E-state index in [-0.39, 0.29) is 12.5 Å². The Balaban J connectivity index is 1.49. The maximum Gasteiger partial charge on any atom is 0.342 e. The molecule has 0 aliphatic carbocycles. The van der Waals surface area contributed by atoms with Crippen LogP contribution in [0.2, 0.25) is 0 Å². The number of nitrogens with zero attached hydrogens (tertiary/aromatic N) is 2. The summed E-state index contributed by atoms with van der Waals surface area (Å²) in [6, 6.07) is 19.7. The Morgan fingerprint density at radius 2 is 1.66 bits per heavy atom. The predicted molar refractivity (Wildman–Crippen MR) is 111 cm³/mol. The van der Waals surface area contributed by atoms with E-state index in [0.29, 0.717) is 23.5 Å². The molecule has 0 atom stereocenters. The second kappa shape index (κ2) is 9.68. The number of carbonyl (C=O) groups excluding carboxylic acids is 2. The summed E-state index contributed by atoms with van der Waals surface area (Å²) >= 11 is 0. The van der Waals surface area contributed by atoms with Crippen LogP contribution in [0, 0.1) is 13.8 Å². The molecule has 2 aromatic carbocycles. The van der Waals surface area contributed by atoms with Crippen molar-refractivity contribution in [2.75, 3.05) is 13.2 Å². The van der Waals surface area contributed by atoms with Gasteiger partial charge in [-0.2, -0.15) is 5.10 Å². The van der Waals surface area contributed by atoms with E-state index in [9.17, 15) is 9.59 Å². The zero-order valence-electron chi connectivity index (χ0n) is 16.7. The second-order valence-electron chi connectivity index (χ2n) is 6.81. The summed E-state index contributed by atoms with van der Waals surface area (Å²) in [6.45, 7) is 3.80. The lowest BCUT2D eigenvalue weighted by Crippen LogP contribution is -2.30. The molecule has 6 heteroatoms. The van der Waals surface area contributed by atoms with Crippen molar-refractivity contribution in [3.63, 3.8) is 0 Å². The minimum Gasteiger partial charge on any atom is -0.452 e. The van der Waals surface area contributed by atoms with Crippen LogP contribution in [0.4, 0.5) is 0 Å². The number of esters is 1. The maximum atomic E-state index is 12.5. The molecule has 3 aromatic rings. The van der Waals surface area contributed by atoms with Crippen LogP contribution in [0.15, 0.2) is 60.7 Å². The Morgan fingerprint density at radius 1 is 1.00 bits per heavy atom. The Kier molecular flexibility index (Phi) is 6.79. The zero-order valence-corrected chi connectivity index (χ0v) is 16.7. The normalized spacial score (nSPS) is 10.6. The topological polar surface area (TPSA) is 73.2 Å². The fourth-order valence-electron chi connectivity index (χ4n) is 3.18. The van der Waals surface area contributed by atoms with Crippen LogP contribution >= 0.6 is 0 Å². The van der Waals surface area contributed by atoms with Crippen LogP contribution in [0.3, 0.4) is 0 Å². The molecule has 1 N–H and O–H groups in total. The van der Waals surface area contributed by atoms with Crippen molar-refractivity contribution in [2.45, 2.75) is 26.7 Å². The van der Waals surface area contributed by atoms with E-state index in [0.717, 1.165) is 18.5 Å². The second-order valence-corrected chi connectivity index (χ2v) is 6.81. The Morgan fingerprint density at radius 3 is 2.34 bits per heavy atom. The molecular weight excluding hydrogens is 366 g/mol. The molecule has 0 aliphatic rings. The van der Waals surface area contributed by atoms with E-state index < -0.39 is 5.97 Å². The first-order chi connectivity index (χ1) is 14.1. The highest BCUT2D eigenvalue weighted by atomic mass is 16.5. The van der Waals surface area contributed by atoms with Gasteiger partial charge in [0.05, 0.1) is 17.1 Å². The minimum atomic E-state index is -0.540. The summed E-state index contributed by atoms with van der Waals surface area (Å²) in [7, 11) is 0. The van der Waals surface area contributed by atoms with Crippen LogP contribution in [0.5, 0.6) is 0 Å². The van der Waals surface area contributed by atoms with Gasteiger partial charge in [-0.25, -0.2) is 9.48 Å². The highest BCUT2D eigenvalue weighted by molar-refractivity contribution is 5.93. The quantitative estimate of drug-likeness (QED) is 0.472. The first-order valence-corrected chi connectivity index (χ1v) is 9.65. The number of aromatic nitrogens is 2. The molecule has 6 nitrogen and oxygen atoms in total. The van der Waals surface area contributed by atoms with Crippen LogP contribution < -0.4 is 5.32 Å². The molecule has 3 rings (SSSR count). The number of hydrogen-bond donors (Lipinski definition) is 1. The molecule has 0 aliphatic heterocycles. The molecule has 29 heavy (non-hydrogen) atoms. The third-order valence-corrected chi connectivity index (χ3v) is 4.64. The van der Waals surface area contributed by atoms with Crippen LogP contribution in [-0.4, -0.2) is 34.8 Å². The van der Waals surface area contributed by atoms with Crippen LogP contribution in [0.1, 0.15) is 33.7 Å². The van der Waals surface area contributed by atoms with Gasteiger partial charge in [0.25, 0.3) is 5.91 Å². The van der Waals surface area contributed by atoms with Crippen molar-refractivity contribution >= 4 is 11.9 Å². The van der Waals surface area contributed by atoms with Gasteiger partial charge in [0.1, 0.15) is 5.56 Å². The molecule has 1 heterocycles. The van der Waals surface area contributed by atoms with E-state index >= 15 is 0 Å². The Bertz CT molecular complexity index is 966. The smallest absolute Gasteiger partial charge is 0.342 e. The number of ether oxygens (including phenoxy) is 1. The van der Waals surface area contributed by atoms with Crippen molar-refractivity contribution in [3.8, 4) is 5.69 Å². The summed E-state index contributed by atoms with van der Waals surface area (Å²) in [5.74, 6) is -0.848. The van der Waals surface area contributed by atoms with Crippen LogP contribution in [0.25, 0.3) is 5.69 Å². The molecule has 1 amide bonds. The van der Waals surface area contributed by atoms with Gasteiger partial charge in [-0.15, -0.1) is 0 Å². The molecule has 0 bridgehead atoms. The molecule has 0 spiro atoms. The van der Waals surface area contributed by atoms with Crippen molar-refractivity contribution in [3.05, 3.63) is 83.2 Å². The van der Waals surface area contributed by atoms with E-state index in [1.165, 1.54) is 5.56 Å². The number of amides is 1. The van der Waals surface area contributed by atoms with E-state index in [1.807, 2.05) is 55.5 Å². The molecule has 0 fully saturated rings. The standard InChI is InChI=1S/C23H25N3O3/c1-17-22(18(2)26(25-17)20-13-7-4-8-14-20)23(28)29-16-21(27)24-15-9-12-19-10-5-3-6-11-19/h3-8,10-11,13-14H,9,12,15-16H2,1-2H3,(H,24,27). The molecule has 0 saturated carbocycles. The maximum absolute atomic E-state index is 12.5. The largest absolute Gasteiger partial charge is 0.452 e. The van der Waals surface area contributed by atoms with Gasteiger partial charge < -0.3 is 10.1 Å². The molecular formula is C23H25N3O3. The summed E-state index contributed by atoms with van der Waals surface area (Å²) < 4.78 is 6.92. The summed E-state index contributed by atoms with van der Waals surface area (Å²) in [5, 5.41) is 7.22. The van der Waals surface area contributed by atoms with Gasteiger partial charge in [-0.05, 0) is 44.4 Å². The van der Waals surface area contributed by atoms with Gasteiger partial charge in [0.15, 0.2) is 6.61 Å². The van der Waals surface area contributed by atoms with Crippen LogP contribution in [-0.2, 0) is 16.0 Å². The van der Waals surface area contributed by atoms with Gasteiger partial charge in [-0.3, -0.25) is 4.79 Å². The number of benzene rings is 2. The predicted octanol–water partition coefficient (Wildman–Crippen LogP) is 3.39. The number of para-hydroxylation sites is 1. The van der Waals surface area contributed by atoms with Crippen molar-refractivity contribution < 1.29 is 14.3 Å². The number of aryl methyl sites for hydroxylation is 2. The number of nitrogens with one attached hydrogen (secondary N) is 1. The first kappa shape index (κ1) is 20.3. The number of rotatable bonds is 8. The summed E-state index contributed by atoms with van der Waals surface area (Å²) in [6.07, 6.45) is 1.71. The van der Waals surface area contributed by atoms with Gasteiger partial charge in [-0.1, -0.05) is 48.5 Å². The summed E-state index contributed by atoms with van der Waals surface area (Å²) in [4.78, 5) is 24.5. The molecule has 0 radical (unpaired) electrons. The highest BCUT2D eigenvalue weighted by Gasteiger charge is 2.21. The molecule has 0 unspecified atom stereocenters. The van der Waals surface area contributed by atoms with Crippen molar-refractivity contribution in [2.24, 2.45) is 0 Å². The third-order valence-electron chi connectivity index (χ3n) is 4.64. The fourth-order valence-corrected chi connectivity index (χ4v) is 3.18. The molecule has 150 valence electrons.